The zero-order chi connectivity index (χ0) is 14.1. The molecule has 0 aliphatic heterocycles. The minimum absolute atomic E-state index is 0.109. The van der Waals surface area contributed by atoms with Gasteiger partial charge < -0.3 is 19.9 Å². The van der Waals surface area contributed by atoms with Crippen molar-refractivity contribution >= 4 is 11.9 Å². The smallest absolute Gasteiger partial charge is 0.337 e. The van der Waals surface area contributed by atoms with Gasteiger partial charge in [-0.25, -0.2) is 4.79 Å². The number of hydrogen-bond donors (Lipinski definition) is 0. The second-order valence-electron chi connectivity index (χ2n) is 3.70. The first kappa shape index (κ1) is 15.1. The molecule has 19 heavy (non-hydrogen) atoms. The van der Waals surface area contributed by atoms with Gasteiger partial charge in [0.15, 0.2) is 0 Å². The molecule has 0 atom stereocenters. The average molecular weight is 266 g/mol. The first-order valence-electron chi connectivity index (χ1n) is 5.77. The first-order chi connectivity index (χ1) is 9.11. The lowest BCUT2D eigenvalue weighted by molar-refractivity contribution is -0.142. The summed E-state index contributed by atoms with van der Waals surface area (Å²) in [6, 6.07) is 6.63. The third-order valence-corrected chi connectivity index (χ3v) is 2.06. The van der Waals surface area contributed by atoms with E-state index in [0.717, 1.165) is 5.56 Å². The third kappa shape index (κ3) is 6.54. The van der Waals surface area contributed by atoms with Gasteiger partial charge in [0.25, 0.3) is 0 Å². The Bertz CT molecular complexity index is 416. The molecular weight excluding hydrogens is 250 g/mol. The van der Waals surface area contributed by atoms with Gasteiger partial charge in [-0.15, -0.1) is 6.54 Å². The van der Waals surface area contributed by atoms with Gasteiger partial charge in [0, 0.05) is 13.5 Å². The van der Waals surface area contributed by atoms with Crippen LogP contribution in [0, 0.1) is 0 Å². The van der Waals surface area contributed by atoms with E-state index in [4.69, 9.17) is 19.9 Å². The molecule has 6 nitrogen and oxygen atoms in total. The molecule has 6 heteroatoms. The van der Waals surface area contributed by atoms with Crippen molar-refractivity contribution in [1.82, 2.24) is 0 Å². The van der Waals surface area contributed by atoms with E-state index in [9.17, 15) is 9.59 Å². The van der Waals surface area contributed by atoms with Gasteiger partial charge in [-0.05, 0) is 17.7 Å². The van der Waals surface area contributed by atoms with Crippen molar-refractivity contribution in [2.75, 3.05) is 19.8 Å². The van der Waals surface area contributed by atoms with E-state index in [1.165, 1.54) is 6.92 Å². The summed E-state index contributed by atoms with van der Waals surface area (Å²) in [5.74, 6) is -0.464. The molecule has 0 heterocycles. The summed E-state index contributed by atoms with van der Waals surface area (Å²) < 4.78 is 14.7. The van der Waals surface area contributed by atoms with Crippen molar-refractivity contribution in [3.63, 3.8) is 0 Å². The molecule has 0 saturated carbocycles. The number of rotatable bonds is 7. The van der Waals surface area contributed by atoms with Gasteiger partial charge in [0.1, 0.15) is 19.0 Å². The predicted octanol–water partition coefficient (Wildman–Crippen LogP) is 1.72. The van der Waals surface area contributed by atoms with Crippen molar-refractivity contribution in [2.45, 2.75) is 13.5 Å². The summed E-state index contributed by atoms with van der Waals surface area (Å²) >= 11 is 0. The van der Waals surface area contributed by atoms with Gasteiger partial charge in [0.05, 0.1) is 0 Å². The van der Waals surface area contributed by atoms with E-state index in [2.05, 4.69) is 0 Å². The minimum Gasteiger partial charge on any atom is -0.676 e. The monoisotopic (exact) mass is 266 g/mol. The number of nitrogens with one attached hydrogen (secondary N) is 1. The van der Waals surface area contributed by atoms with Crippen LogP contribution in [0.5, 0.6) is 5.75 Å². The normalized spacial score (nSPS) is 10.0. The molecule has 0 aromatic heterocycles. The minimum atomic E-state index is -0.513. The van der Waals surface area contributed by atoms with E-state index in [1.807, 2.05) is 0 Å². The van der Waals surface area contributed by atoms with Crippen LogP contribution in [0.4, 0.5) is 0 Å². The predicted molar refractivity (Wildman–Crippen MR) is 67.6 cm³/mol. The Hall–Kier alpha value is -1.92. The lowest BCUT2D eigenvalue weighted by Crippen LogP contribution is -2.16. The van der Waals surface area contributed by atoms with Gasteiger partial charge >= 0.3 is 11.9 Å². The molecule has 0 spiro atoms. The maximum absolute atomic E-state index is 11.3. The molecule has 1 aromatic carbocycles. The van der Waals surface area contributed by atoms with Crippen molar-refractivity contribution in [3.05, 3.63) is 35.6 Å². The highest BCUT2D eigenvalue weighted by Crippen LogP contribution is 2.13. The van der Waals surface area contributed by atoms with Crippen molar-refractivity contribution in [1.29, 1.82) is 0 Å². The lowest BCUT2D eigenvalue weighted by Gasteiger charge is -2.07. The molecule has 0 radical (unpaired) electrons. The Morgan fingerprint density at radius 1 is 1.21 bits per heavy atom. The highest BCUT2D eigenvalue weighted by Gasteiger charge is 2.04. The number of carbonyl (C=O) groups excluding carboxylic acids is 2. The van der Waals surface area contributed by atoms with Crippen molar-refractivity contribution < 1.29 is 23.8 Å². The van der Waals surface area contributed by atoms with Crippen LogP contribution in [-0.2, 0) is 25.7 Å². The number of carbonyl (C=O) groups is 2. The van der Waals surface area contributed by atoms with Crippen molar-refractivity contribution in [3.8, 4) is 5.75 Å². The van der Waals surface area contributed by atoms with Crippen LogP contribution < -0.4 is 4.74 Å². The van der Waals surface area contributed by atoms with Crippen LogP contribution in [-0.4, -0.2) is 31.7 Å². The highest BCUT2D eigenvalue weighted by molar-refractivity contribution is 5.73. The van der Waals surface area contributed by atoms with Crippen LogP contribution in [0.25, 0.3) is 5.73 Å². The maximum atomic E-state index is 11.3. The molecule has 104 valence electrons. The molecular formula is C13H16NO5-. The summed E-state index contributed by atoms with van der Waals surface area (Å²) in [5.41, 5.74) is 7.65. The second-order valence-corrected chi connectivity index (χ2v) is 3.70. The quantitative estimate of drug-likeness (QED) is 0.426. The molecule has 0 saturated heterocycles. The summed E-state index contributed by atoms with van der Waals surface area (Å²) in [6.45, 7) is 1.67. The average Bonchev–Trinajstić information content (AvgIpc) is 2.38. The molecule has 0 bridgehead atoms. The van der Waals surface area contributed by atoms with E-state index in [1.54, 1.807) is 24.3 Å². The number of benzene rings is 1. The third-order valence-electron chi connectivity index (χ3n) is 2.06. The zero-order valence-electron chi connectivity index (χ0n) is 10.7. The first-order valence-corrected chi connectivity index (χ1v) is 5.77. The van der Waals surface area contributed by atoms with Gasteiger partial charge in [-0.2, -0.15) is 0 Å². The van der Waals surface area contributed by atoms with Crippen LogP contribution in [0.15, 0.2) is 24.3 Å². The van der Waals surface area contributed by atoms with Gasteiger partial charge in [-0.3, -0.25) is 4.79 Å². The second kappa shape index (κ2) is 8.23. The molecule has 1 aromatic rings. The molecule has 0 amide bonds. The topological polar surface area (TPSA) is 85.6 Å². The van der Waals surface area contributed by atoms with E-state index >= 15 is 0 Å². The van der Waals surface area contributed by atoms with Crippen LogP contribution in [0.3, 0.4) is 0 Å². The molecule has 1 rings (SSSR count). The Kier molecular flexibility index (Phi) is 6.56. The fourth-order valence-electron chi connectivity index (χ4n) is 1.23. The summed E-state index contributed by atoms with van der Waals surface area (Å²) in [7, 11) is 0. The Morgan fingerprint density at radius 3 is 2.47 bits per heavy atom. The zero-order valence-corrected chi connectivity index (χ0v) is 10.7. The Balaban J connectivity index is 2.39. The standard InChI is InChI=1S/C13H16NO5/c1-10(15)18-8-11-2-4-12(5-3-11)19-13(16)9-17-7-6-14/h2-5,14H,6-9H2,1H3/q-1. The molecule has 0 aliphatic carbocycles. The summed E-state index contributed by atoms with van der Waals surface area (Å²) in [6.07, 6.45) is 0. The van der Waals surface area contributed by atoms with E-state index in [0.29, 0.717) is 5.75 Å². The van der Waals surface area contributed by atoms with Crippen LogP contribution in [0.1, 0.15) is 12.5 Å². The SMILES string of the molecule is CC(=O)OCc1ccc(OC(=O)COCC[NH-])cc1. The highest BCUT2D eigenvalue weighted by atomic mass is 16.6. The molecule has 0 aliphatic rings. The van der Waals surface area contributed by atoms with Gasteiger partial charge in [0.2, 0.25) is 0 Å². The van der Waals surface area contributed by atoms with Crippen LogP contribution in [0.2, 0.25) is 0 Å². The van der Waals surface area contributed by atoms with E-state index < -0.39 is 5.97 Å². The van der Waals surface area contributed by atoms with Crippen LogP contribution >= 0.6 is 0 Å². The van der Waals surface area contributed by atoms with Crippen molar-refractivity contribution in [2.24, 2.45) is 0 Å². The fourth-order valence-corrected chi connectivity index (χ4v) is 1.23. The number of esters is 2. The summed E-state index contributed by atoms with van der Waals surface area (Å²) in [4.78, 5) is 21.9. The van der Waals surface area contributed by atoms with E-state index in [-0.39, 0.29) is 32.3 Å². The Morgan fingerprint density at radius 2 is 1.89 bits per heavy atom. The summed E-state index contributed by atoms with van der Waals surface area (Å²) in [5, 5.41) is 0. The molecule has 0 fully saturated rings. The molecule has 1 N–H and O–H groups in total. The fraction of sp³-hybridized carbons (Fsp3) is 0.385. The maximum Gasteiger partial charge on any atom is 0.337 e. The lowest BCUT2D eigenvalue weighted by atomic mass is 10.2. The number of hydrogen-bond acceptors (Lipinski definition) is 5. The largest absolute Gasteiger partial charge is 0.676 e. The number of ether oxygens (including phenoxy) is 3. The Labute approximate surface area is 111 Å². The molecule has 0 unspecified atom stereocenters. The van der Waals surface area contributed by atoms with Gasteiger partial charge in [-0.1, -0.05) is 12.1 Å².